The highest BCUT2D eigenvalue weighted by Crippen LogP contribution is 2.37. The minimum absolute atomic E-state index is 0.0481. The molecule has 18 nitrogen and oxygen atoms in total. The topological polar surface area (TPSA) is 270 Å². The molecule has 0 spiro atoms. The molecule has 6 saturated carbocycles. The number of benzene rings is 6. The molecule has 6 aromatic rings. The van der Waals surface area contributed by atoms with Crippen LogP contribution in [-0.4, -0.2) is 178 Å². The predicted molar refractivity (Wildman–Crippen MR) is 446 cm³/mol. The standard InChI is InChI=1S/2C42H45Cl3N6O3/c2*43-31-13-25-19-46-34-7-1-2-8-35(34)47-20-26-14-32(44)16-28(41(26)53)22-49-38-11-5-6-12-39(38)51-24-30-18-33(45)17-29(42(30)54)23-50-37-10-4-3-9-36(37)48-21-27(15-31)40(25)52/h2*13-24,34-39,52-54H,1-12H2/t2*34-,35-,36-,37-,38-,39-/m11/s1. The lowest BCUT2D eigenvalue weighted by Crippen LogP contribution is -2.27. The Kier molecular flexibility index (Phi) is 26.8. The number of phenolic OH excluding ortho intramolecular Hbond substituents is 6. The van der Waals surface area contributed by atoms with Crippen molar-refractivity contribution in [3.8, 4) is 34.5 Å². The second kappa shape index (κ2) is 37.1. The van der Waals surface area contributed by atoms with E-state index in [1.165, 1.54) is 0 Å². The van der Waals surface area contributed by atoms with E-state index in [1.54, 1.807) is 147 Å². The van der Waals surface area contributed by atoms with E-state index in [0.29, 0.717) is 96.9 Å². The number of fused-ring (bicyclic) bond motifs is 18. The Morgan fingerprint density at radius 1 is 0.167 bits per heavy atom. The highest BCUT2D eigenvalue weighted by molar-refractivity contribution is 6.33. The third-order valence-corrected chi connectivity index (χ3v) is 23.1. The van der Waals surface area contributed by atoms with E-state index >= 15 is 0 Å². The molecule has 564 valence electrons. The molecule has 0 unspecified atom stereocenters. The number of aliphatic imine (C=N–C) groups is 12. The number of rotatable bonds is 0. The monoisotopic (exact) mass is 1570 g/mol. The van der Waals surface area contributed by atoms with Crippen molar-refractivity contribution in [3.05, 3.63) is 170 Å². The molecular formula is C84H90Cl6N12O6. The summed E-state index contributed by atoms with van der Waals surface area (Å²) in [4.78, 5) is 58.9. The van der Waals surface area contributed by atoms with Gasteiger partial charge in [0.25, 0.3) is 0 Å². The first-order valence-corrected chi connectivity index (χ1v) is 40.2. The molecule has 14 rings (SSSR count). The zero-order valence-corrected chi connectivity index (χ0v) is 64.6. The molecule has 108 heavy (non-hydrogen) atoms. The van der Waals surface area contributed by atoms with Gasteiger partial charge in [0.1, 0.15) is 34.5 Å². The van der Waals surface area contributed by atoms with Crippen molar-refractivity contribution in [1.82, 2.24) is 0 Å². The van der Waals surface area contributed by atoms with Crippen LogP contribution in [0.1, 0.15) is 221 Å². The molecule has 6 N–H and O–H groups in total. The second-order valence-electron chi connectivity index (χ2n) is 29.5. The Labute approximate surface area is 661 Å². The summed E-state index contributed by atoms with van der Waals surface area (Å²) in [5, 5.41) is 70.7. The Morgan fingerprint density at radius 2 is 0.250 bits per heavy atom. The molecule has 0 radical (unpaired) electrons. The van der Waals surface area contributed by atoms with Gasteiger partial charge in [0, 0.05) is 171 Å². The van der Waals surface area contributed by atoms with Crippen LogP contribution in [0.3, 0.4) is 0 Å². The number of aromatic hydroxyl groups is 6. The predicted octanol–water partition coefficient (Wildman–Crippen LogP) is 19.2. The van der Waals surface area contributed by atoms with Crippen LogP contribution in [0.4, 0.5) is 0 Å². The molecule has 0 amide bonds. The summed E-state index contributed by atoms with van der Waals surface area (Å²) in [5.41, 5.74) is 6.00. The average molecular weight is 1580 g/mol. The maximum absolute atomic E-state index is 11.3. The number of hydrogen-bond acceptors (Lipinski definition) is 18. The summed E-state index contributed by atoms with van der Waals surface area (Å²) in [7, 11) is 0. The van der Waals surface area contributed by atoms with E-state index in [2.05, 4.69) is 0 Å². The Hall–Kier alpha value is -8.10. The fourth-order valence-corrected chi connectivity index (χ4v) is 17.2. The van der Waals surface area contributed by atoms with Gasteiger partial charge in [-0.05, 0) is 150 Å². The molecule has 2 heterocycles. The van der Waals surface area contributed by atoms with Crippen molar-refractivity contribution in [2.75, 3.05) is 0 Å². The van der Waals surface area contributed by atoms with Crippen molar-refractivity contribution >= 4 is 144 Å². The molecule has 12 atom stereocenters. The van der Waals surface area contributed by atoms with E-state index in [1.807, 2.05) is 0 Å². The van der Waals surface area contributed by atoms with Crippen LogP contribution >= 0.6 is 69.6 Å². The molecular weight excluding hydrogens is 1490 g/mol. The number of halogens is 6. The van der Waals surface area contributed by atoms with Crippen LogP contribution in [-0.2, 0) is 0 Å². The molecule has 12 bridgehead atoms. The molecule has 6 fully saturated rings. The van der Waals surface area contributed by atoms with Gasteiger partial charge in [-0.3, -0.25) is 59.9 Å². The van der Waals surface area contributed by atoms with Crippen LogP contribution in [0.15, 0.2) is 133 Å². The van der Waals surface area contributed by atoms with Crippen LogP contribution < -0.4 is 0 Å². The maximum Gasteiger partial charge on any atom is 0.133 e. The van der Waals surface area contributed by atoms with E-state index in [0.717, 1.165) is 154 Å². The lowest BCUT2D eigenvalue weighted by atomic mass is 9.91. The van der Waals surface area contributed by atoms with Crippen molar-refractivity contribution in [3.63, 3.8) is 0 Å². The third-order valence-electron chi connectivity index (χ3n) is 21.8. The SMILES string of the molecule is Oc1c2cc(Cl)cc1C=N[C@@H]1CCCC[C@H]1N=Cc1cc(Cl)cc(c1O)C=N[C@@H]1CCCC[C@H]1N=Cc1cc(Cl)cc(c1O)C=N[C@@H]1CCCC[C@H]1N=C2.Oc1c2cc(Cl)cc1C=N[C@@H]1CCCC[C@H]1N=Cc1cc(Cl)cc(c1O)C=N[C@@H]1CCCC[C@H]1N=Cc1cc(Cl)cc(c1O)C=N[C@@H]1CCCC[C@H]1N=C2. The fourth-order valence-electron chi connectivity index (χ4n) is 15.8. The van der Waals surface area contributed by atoms with Gasteiger partial charge in [-0.25, -0.2) is 0 Å². The molecule has 6 aromatic carbocycles. The number of hydrogen-bond donors (Lipinski definition) is 6. The second-order valence-corrected chi connectivity index (χ2v) is 32.1. The quantitative estimate of drug-likeness (QED) is 0.0860. The zero-order chi connectivity index (χ0) is 75.2. The normalized spacial score (nSPS) is 26.1. The van der Waals surface area contributed by atoms with Crippen LogP contribution in [0, 0.1) is 0 Å². The average Bonchev–Trinajstić information content (AvgIpc) is 0.864. The smallest absolute Gasteiger partial charge is 0.133 e. The Balaban J connectivity index is 0.000000190. The molecule has 6 aliphatic carbocycles. The molecule has 0 aromatic heterocycles. The highest BCUT2D eigenvalue weighted by atomic mass is 35.5. The van der Waals surface area contributed by atoms with Gasteiger partial charge in [-0.1, -0.05) is 147 Å². The number of phenols is 6. The number of nitrogens with zero attached hydrogens (tertiary/aromatic N) is 12. The summed E-state index contributed by atoms with van der Waals surface area (Å²) in [6.07, 6.45) is 42.5. The van der Waals surface area contributed by atoms with E-state index in [9.17, 15) is 30.6 Å². The molecule has 24 heteroatoms. The van der Waals surface area contributed by atoms with Gasteiger partial charge in [-0.15, -0.1) is 0 Å². The van der Waals surface area contributed by atoms with Gasteiger partial charge in [0.2, 0.25) is 0 Å². The Morgan fingerprint density at radius 3 is 0.333 bits per heavy atom. The van der Waals surface area contributed by atoms with Crippen LogP contribution in [0.25, 0.3) is 0 Å². The van der Waals surface area contributed by atoms with Gasteiger partial charge in [-0.2, -0.15) is 0 Å². The first-order valence-electron chi connectivity index (χ1n) is 38.0. The zero-order valence-electron chi connectivity index (χ0n) is 60.1. The van der Waals surface area contributed by atoms with E-state index in [4.69, 9.17) is 130 Å². The third kappa shape index (κ3) is 20.1. The first kappa shape index (κ1) is 78.0. The van der Waals surface area contributed by atoms with Crippen molar-refractivity contribution in [2.45, 2.75) is 227 Å². The summed E-state index contributed by atoms with van der Waals surface area (Å²) in [5.74, 6) is 0.288. The molecule has 0 saturated heterocycles. The van der Waals surface area contributed by atoms with Crippen LogP contribution in [0.2, 0.25) is 30.1 Å². The highest BCUT2D eigenvalue weighted by Gasteiger charge is 2.31. The van der Waals surface area contributed by atoms with Gasteiger partial charge in [0.15, 0.2) is 0 Å². The minimum atomic E-state index is -0.116. The van der Waals surface area contributed by atoms with Gasteiger partial charge < -0.3 is 30.6 Å². The van der Waals surface area contributed by atoms with Gasteiger partial charge >= 0.3 is 0 Å². The van der Waals surface area contributed by atoms with Crippen molar-refractivity contribution in [1.29, 1.82) is 0 Å². The fraction of sp³-hybridized carbons (Fsp3) is 0.429. The maximum atomic E-state index is 11.3. The first-order chi connectivity index (χ1) is 52.4. The summed E-state index contributed by atoms with van der Waals surface area (Å²) in [6, 6.07) is 19.0. The summed E-state index contributed by atoms with van der Waals surface area (Å²) in [6.45, 7) is 0. The van der Waals surface area contributed by atoms with Gasteiger partial charge in [0.05, 0.1) is 72.5 Å². The van der Waals surface area contributed by atoms with Crippen molar-refractivity contribution < 1.29 is 30.6 Å². The molecule has 8 aliphatic rings. The van der Waals surface area contributed by atoms with E-state index in [-0.39, 0.29) is 107 Å². The Bertz CT molecular complexity index is 3630. The van der Waals surface area contributed by atoms with Crippen molar-refractivity contribution in [2.24, 2.45) is 59.9 Å². The summed E-state index contributed by atoms with van der Waals surface area (Å²) >= 11 is 39.3. The van der Waals surface area contributed by atoms with E-state index < -0.39 is 0 Å². The summed E-state index contributed by atoms with van der Waals surface area (Å²) < 4.78 is 0. The lowest BCUT2D eigenvalue weighted by Gasteiger charge is -2.26. The minimum Gasteiger partial charge on any atom is -0.507 e. The lowest BCUT2D eigenvalue weighted by molar-refractivity contribution is 0.389. The molecule has 2 aliphatic heterocycles. The largest absolute Gasteiger partial charge is 0.507 e. The van der Waals surface area contributed by atoms with Crippen LogP contribution in [0.5, 0.6) is 34.5 Å².